The number of aromatic nitrogens is 1. The van der Waals surface area contributed by atoms with Crippen molar-refractivity contribution >= 4 is 17.3 Å². The Labute approximate surface area is 85.5 Å². The van der Waals surface area contributed by atoms with E-state index in [9.17, 15) is 0 Å². The van der Waals surface area contributed by atoms with Gasteiger partial charge in [-0.05, 0) is 23.6 Å². The molecule has 1 heterocycles. The number of nitrogen functional groups attached to an aromatic ring is 1. The number of rotatable bonds is 1. The smallest absolute Gasteiger partial charge is 0.137 e. The van der Waals surface area contributed by atoms with Crippen LogP contribution in [-0.4, -0.2) is 11.5 Å². The molecule has 0 spiro atoms. The van der Waals surface area contributed by atoms with Crippen LogP contribution in [0.1, 0.15) is 5.69 Å². The van der Waals surface area contributed by atoms with Gasteiger partial charge in [0.15, 0.2) is 0 Å². The first kappa shape index (κ1) is 10.2. The summed E-state index contributed by atoms with van der Waals surface area (Å²) in [4.78, 5) is 6.45. The molecule has 1 rings (SSSR count). The summed E-state index contributed by atoms with van der Waals surface area (Å²) in [5.74, 6) is 5.25. The molecular formula is C8H6ClN5. The standard InChI is InChI=1S/C8H6ClN5/c9-8-4-3-6(10)7(13-8)2-1-5-12-14-11/h3-4H,5,10H2. The molecule has 70 valence electrons. The van der Waals surface area contributed by atoms with Gasteiger partial charge in [-0.25, -0.2) is 4.98 Å². The van der Waals surface area contributed by atoms with Gasteiger partial charge in [0.1, 0.15) is 10.8 Å². The van der Waals surface area contributed by atoms with Gasteiger partial charge in [-0.2, -0.15) is 0 Å². The molecule has 0 bridgehead atoms. The summed E-state index contributed by atoms with van der Waals surface area (Å²) in [7, 11) is 0. The van der Waals surface area contributed by atoms with Gasteiger partial charge in [0.25, 0.3) is 0 Å². The lowest BCUT2D eigenvalue weighted by molar-refractivity contribution is 1.24. The zero-order valence-electron chi connectivity index (χ0n) is 7.11. The maximum Gasteiger partial charge on any atom is 0.137 e. The monoisotopic (exact) mass is 207 g/mol. The highest BCUT2D eigenvalue weighted by Crippen LogP contribution is 2.11. The van der Waals surface area contributed by atoms with Gasteiger partial charge in [0, 0.05) is 4.91 Å². The maximum atomic E-state index is 7.99. The SMILES string of the molecule is [N-]=[N+]=NCC#Cc1nc(Cl)ccc1N. The Bertz CT molecular complexity index is 439. The predicted octanol–water partition coefficient (Wildman–Crippen LogP) is 1.98. The van der Waals surface area contributed by atoms with E-state index in [4.69, 9.17) is 22.9 Å². The summed E-state index contributed by atoms with van der Waals surface area (Å²) < 4.78 is 0. The van der Waals surface area contributed by atoms with Crippen LogP contribution in [0.25, 0.3) is 10.4 Å². The van der Waals surface area contributed by atoms with Crippen molar-refractivity contribution in [2.24, 2.45) is 5.11 Å². The lowest BCUT2D eigenvalue weighted by Crippen LogP contribution is -1.93. The lowest BCUT2D eigenvalue weighted by atomic mass is 10.3. The van der Waals surface area contributed by atoms with Gasteiger partial charge in [-0.15, -0.1) is 0 Å². The van der Waals surface area contributed by atoms with Crippen LogP contribution in [0.3, 0.4) is 0 Å². The van der Waals surface area contributed by atoms with Crippen molar-refractivity contribution in [3.63, 3.8) is 0 Å². The van der Waals surface area contributed by atoms with Crippen LogP contribution < -0.4 is 5.73 Å². The number of halogens is 1. The number of nitrogens with zero attached hydrogens (tertiary/aromatic N) is 4. The molecule has 0 saturated carbocycles. The third kappa shape index (κ3) is 2.87. The minimum atomic E-state index is 0.0874. The Morgan fingerprint density at radius 1 is 1.64 bits per heavy atom. The van der Waals surface area contributed by atoms with Gasteiger partial charge < -0.3 is 5.73 Å². The number of pyridine rings is 1. The third-order valence-electron chi connectivity index (χ3n) is 1.31. The first-order chi connectivity index (χ1) is 6.74. The molecule has 0 aliphatic heterocycles. The summed E-state index contributed by atoms with van der Waals surface area (Å²) in [6.07, 6.45) is 0. The van der Waals surface area contributed by atoms with Crippen molar-refractivity contribution in [2.45, 2.75) is 0 Å². The molecule has 0 amide bonds. The second kappa shape index (κ2) is 4.97. The van der Waals surface area contributed by atoms with E-state index < -0.39 is 0 Å². The molecule has 1 aromatic heterocycles. The zero-order chi connectivity index (χ0) is 10.4. The van der Waals surface area contributed by atoms with Crippen LogP contribution >= 0.6 is 11.6 Å². The number of hydrogen-bond donors (Lipinski definition) is 1. The number of azide groups is 1. The Balaban J connectivity index is 2.88. The largest absolute Gasteiger partial charge is 0.396 e. The van der Waals surface area contributed by atoms with E-state index in [0.717, 1.165) is 0 Å². The third-order valence-corrected chi connectivity index (χ3v) is 1.52. The van der Waals surface area contributed by atoms with E-state index >= 15 is 0 Å². The van der Waals surface area contributed by atoms with Crippen molar-refractivity contribution < 1.29 is 0 Å². The molecule has 0 aliphatic rings. The fraction of sp³-hybridized carbons (Fsp3) is 0.125. The van der Waals surface area contributed by atoms with E-state index in [2.05, 4.69) is 26.9 Å². The average Bonchev–Trinajstić information content (AvgIpc) is 2.18. The van der Waals surface area contributed by atoms with Crippen LogP contribution in [0.4, 0.5) is 5.69 Å². The van der Waals surface area contributed by atoms with Crippen LogP contribution in [0.5, 0.6) is 0 Å². The Hall–Kier alpha value is -1.89. The molecule has 2 N–H and O–H groups in total. The van der Waals surface area contributed by atoms with E-state index in [1.807, 2.05) is 0 Å². The predicted molar refractivity (Wildman–Crippen MR) is 54.6 cm³/mol. The molecule has 0 fully saturated rings. The lowest BCUT2D eigenvalue weighted by Gasteiger charge is -1.96. The molecule has 0 saturated heterocycles. The average molecular weight is 208 g/mol. The van der Waals surface area contributed by atoms with Gasteiger partial charge in [0.2, 0.25) is 0 Å². The van der Waals surface area contributed by atoms with Crippen LogP contribution in [0, 0.1) is 11.8 Å². The van der Waals surface area contributed by atoms with Gasteiger partial charge in [0.05, 0.1) is 12.2 Å². The summed E-state index contributed by atoms with van der Waals surface area (Å²) in [6.45, 7) is 0.0874. The van der Waals surface area contributed by atoms with Crippen molar-refractivity contribution in [1.82, 2.24) is 4.98 Å². The minimum Gasteiger partial charge on any atom is -0.396 e. The summed E-state index contributed by atoms with van der Waals surface area (Å²) >= 11 is 5.64. The summed E-state index contributed by atoms with van der Waals surface area (Å²) in [5, 5.41) is 3.57. The quantitative estimate of drug-likeness (QED) is 0.251. The van der Waals surface area contributed by atoms with E-state index in [1.54, 1.807) is 12.1 Å². The van der Waals surface area contributed by atoms with Crippen molar-refractivity contribution in [1.29, 1.82) is 0 Å². The number of anilines is 1. The molecule has 14 heavy (non-hydrogen) atoms. The number of nitrogens with two attached hydrogens (primary N) is 1. The van der Waals surface area contributed by atoms with Gasteiger partial charge >= 0.3 is 0 Å². The topological polar surface area (TPSA) is 87.7 Å². The molecule has 6 heteroatoms. The molecule has 1 aromatic rings. The maximum absolute atomic E-state index is 7.99. The van der Waals surface area contributed by atoms with E-state index in [0.29, 0.717) is 16.5 Å². The highest BCUT2D eigenvalue weighted by molar-refractivity contribution is 6.29. The second-order valence-electron chi connectivity index (χ2n) is 2.26. The first-order valence-corrected chi connectivity index (χ1v) is 4.03. The van der Waals surface area contributed by atoms with Crippen LogP contribution in [-0.2, 0) is 0 Å². The van der Waals surface area contributed by atoms with Crippen molar-refractivity contribution in [3.05, 3.63) is 33.4 Å². The summed E-state index contributed by atoms with van der Waals surface area (Å²) in [6, 6.07) is 3.20. The van der Waals surface area contributed by atoms with Crippen LogP contribution in [0.15, 0.2) is 17.2 Å². The van der Waals surface area contributed by atoms with Crippen molar-refractivity contribution in [2.75, 3.05) is 12.3 Å². The number of hydrogen-bond acceptors (Lipinski definition) is 3. The molecule has 0 atom stereocenters. The summed E-state index contributed by atoms with van der Waals surface area (Å²) in [5.41, 5.74) is 14.4. The van der Waals surface area contributed by atoms with E-state index in [-0.39, 0.29) is 6.54 Å². The fourth-order valence-corrected chi connectivity index (χ4v) is 0.884. The molecule has 5 nitrogen and oxygen atoms in total. The Morgan fingerprint density at radius 3 is 3.14 bits per heavy atom. The normalized spacial score (nSPS) is 8.36. The molecule has 0 unspecified atom stereocenters. The first-order valence-electron chi connectivity index (χ1n) is 3.66. The van der Waals surface area contributed by atoms with Crippen LogP contribution in [0.2, 0.25) is 5.15 Å². The highest BCUT2D eigenvalue weighted by atomic mass is 35.5. The molecule has 0 radical (unpaired) electrons. The van der Waals surface area contributed by atoms with E-state index in [1.165, 1.54) is 0 Å². The Morgan fingerprint density at radius 2 is 2.43 bits per heavy atom. The van der Waals surface area contributed by atoms with Gasteiger partial charge in [-0.3, -0.25) is 0 Å². The fourth-order valence-electron chi connectivity index (χ4n) is 0.736. The molecule has 0 aliphatic carbocycles. The highest BCUT2D eigenvalue weighted by Gasteiger charge is 1.96. The molecule has 0 aromatic carbocycles. The molecular weight excluding hydrogens is 202 g/mol. The second-order valence-corrected chi connectivity index (χ2v) is 2.65. The van der Waals surface area contributed by atoms with Crippen molar-refractivity contribution in [3.8, 4) is 11.8 Å². The minimum absolute atomic E-state index is 0.0874. The van der Waals surface area contributed by atoms with Gasteiger partial charge in [-0.1, -0.05) is 22.6 Å². The Kier molecular flexibility index (Phi) is 3.62. The zero-order valence-corrected chi connectivity index (χ0v) is 7.86.